The summed E-state index contributed by atoms with van der Waals surface area (Å²) < 4.78 is 42.3. The van der Waals surface area contributed by atoms with E-state index in [9.17, 15) is 8.42 Å². The first-order valence-electron chi connectivity index (χ1n) is 10.7. The molecule has 0 aliphatic carbocycles. The Hall–Kier alpha value is -2.78. The molecule has 1 fully saturated rings. The molecule has 0 unspecified atom stereocenters. The Morgan fingerprint density at radius 3 is 2.27 bits per heavy atom. The Kier molecular flexibility index (Phi) is 7.09. The summed E-state index contributed by atoms with van der Waals surface area (Å²) in [6.45, 7) is 1.30. The van der Waals surface area contributed by atoms with Gasteiger partial charge in [0.05, 0.1) is 32.3 Å². The molecule has 0 bridgehead atoms. The first-order valence-corrected chi connectivity index (χ1v) is 13.2. The molecule has 33 heavy (non-hydrogen) atoms. The third-order valence-corrected chi connectivity index (χ3v) is 9.16. The SMILES string of the molecule is COc1ccc(Cc2csc(N3CCC(S(=O)(=O)c4ccc(OC)cc4OC)CC3)n2)cc1. The van der Waals surface area contributed by atoms with Gasteiger partial charge in [-0.1, -0.05) is 12.1 Å². The lowest BCUT2D eigenvalue weighted by molar-refractivity contribution is 0.385. The van der Waals surface area contributed by atoms with Gasteiger partial charge in [-0.2, -0.15) is 0 Å². The molecule has 1 saturated heterocycles. The van der Waals surface area contributed by atoms with Crippen molar-refractivity contribution in [2.45, 2.75) is 29.4 Å². The van der Waals surface area contributed by atoms with Crippen molar-refractivity contribution in [3.05, 3.63) is 59.1 Å². The topological polar surface area (TPSA) is 78.0 Å². The summed E-state index contributed by atoms with van der Waals surface area (Å²) in [5.41, 5.74) is 2.18. The van der Waals surface area contributed by atoms with Gasteiger partial charge in [-0.3, -0.25) is 0 Å². The Morgan fingerprint density at radius 2 is 1.64 bits per heavy atom. The Balaban J connectivity index is 1.41. The van der Waals surface area contributed by atoms with Gasteiger partial charge >= 0.3 is 0 Å². The van der Waals surface area contributed by atoms with Crippen molar-refractivity contribution in [2.75, 3.05) is 39.3 Å². The van der Waals surface area contributed by atoms with E-state index in [-0.39, 0.29) is 4.90 Å². The summed E-state index contributed by atoms with van der Waals surface area (Å²) in [6.07, 6.45) is 1.85. The number of ether oxygens (including phenoxy) is 3. The molecule has 0 saturated carbocycles. The maximum atomic E-state index is 13.3. The summed E-state index contributed by atoms with van der Waals surface area (Å²) in [5, 5.41) is 2.57. The lowest BCUT2D eigenvalue weighted by Crippen LogP contribution is -2.39. The number of benzene rings is 2. The average Bonchev–Trinajstić information content (AvgIpc) is 3.32. The van der Waals surface area contributed by atoms with Crippen molar-refractivity contribution in [3.8, 4) is 17.2 Å². The second kappa shape index (κ2) is 10.0. The molecule has 2 aromatic carbocycles. The maximum Gasteiger partial charge on any atom is 0.185 e. The van der Waals surface area contributed by atoms with Crippen LogP contribution in [-0.4, -0.2) is 53.1 Å². The Morgan fingerprint density at radius 1 is 0.970 bits per heavy atom. The minimum atomic E-state index is -3.51. The van der Waals surface area contributed by atoms with E-state index >= 15 is 0 Å². The molecule has 1 aliphatic heterocycles. The number of hydrogen-bond donors (Lipinski definition) is 0. The highest BCUT2D eigenvalue weighted by Crippen LogP contribution is 2.35. The standard InChI is InChI=1S/C24H28N2O5S2/c1-29-19-6-4-17(5-7-19)14-18-16-32-24(25-18)26-12-10-21(11-13-26)33(27,28)23-9-8-20(30-2)15-22(23)31-3/h4-9,15-16,21H,10-14H2,1-3H3. The van der Waals surface area contributed by atoms with Gasteiger partial charge in [-0.25, -0.2) is 13.4 Å². The molecule has 0 amide bonds. The van der Waals surface area contributed by atoms with Crippen LogP contribution in [0.15, 0.2) is 52.7 Å². The van der Waals surface area contributed by atoms with E-state index in [2.05, 4.69) is 10.3 Å². The quantitative estimate of drug-likeness (QED) is 0.470. The first-order chi connectivity index (χ1) is 15.9. The van der Waals surface area contributed by atoms with E-state index in [4.69, 9.17) is 19.2 Å². The molecule has 1 aliphatic rings. The normalized spacial score (nSPS) is 14.8. The Labute approximate surface area is 198 Å². The number of rotatable bonds is 8. The molecular formula is C24H28N2O5S2. The fraction of sp³-hybridized carbons (Fsp3) is 0.375. The van der Waals surface area contributed by atoms with Crippen LogP contribution in [0.4, 0.5) is 5.13 Å². The van der Waals surface area contributed by atoms with E-state index in [1.807, 2.05) is 24.3 Å². The summed E-state index contributed by atoms with van der Waals surface area (Å²) in [7, 11) is 1.16. The minimum Gasteiger partial charge on any atom is -0.497 e. The summed E-state index contributed by atoms with van der Waals surface area (Å²) >= 11 is 1.61. The van der Waals surface area contributed by atoms with Gasteiger partial charge in [0.25, 0.3) is 0 Å². The van der Waals surface area contributed by atoms with E-state index in [1.165, 1.54) is 12.7 Å². The zero-order chi connectivity index (χ0) is 23.4. The zero-order valence-corrected chi connectivity index (χ0v) is 20.6. The van der Waals surface area contributed by atoms with Crippen LogP contribution in [0, 0.1) is 0 Å². The first kappa shape index (κ1) is 23.4. The van der Waals surface area contributed by atoms with Crippen molar-refractivity contribution < 1.29 is 22.6 Å². The predicted molar refractivity (Wildman–Crippen MR) is 130 cm³/mol. The highest BCUT2D eigenvalue weighted by molar-refractivity contribution is 7.92. The molecule has 0 N–H and O–H groups in total. The second-order valence-electron chi connectivity index (χ2n) is 7.89. The molecule has 176 valence electrons. The molecule has 0 spiro atoms. The van der Waals surface area contributed by atoms with Gasteiger partial charge in [-0.15, -0.1) is 11.3 Å². The van der Waals surface area contributed by atoms with E-state index in [0.29, 0.717) is 37.4 Å². The van der Waals surface area contributed by atoms with Crippen LogP contribution in [-0.2, 0) is 16.3 Å². The van der Waals surface area contributed by atoms with Gasteiger partial charge in [-0.05, 0) is 42.7 Å². The lowest BCUT2D eigenvalue weighted by atomic mass is 10.1. The lowest BCUT2D eigenvalue weighted by Gasteiger charge is -2.31. The van der Waals surface area contributed by atoms with Gasteiger partial charge in [0.1, 0.15) is 22.1 Å². The van der Waals surface area contributed by atoms with Crippen LogP contribution in [0.1, 0.15) is 24.1 Å². The molecule has 7 nitrogen and oxygen atoms in total. The van der Waals surface area contributed by atoms with E-state index < -0.39 is 15.1 Å². The minimum absolute atomic E-state index is 0.222. The third-order valence-electron chi connectivity index (χ3n) is 5.91. The molecule has 4 rings (SSSR count). The third kappa shape index (κ3) is 5.09. The molecular weight excluding hydrogens is 460 g/mol. The molecule has 0 atom stereocenters. The maximum absolute atomic E-state index is 13.3. The molecule has 1 aromatic heterocycles. The van der Waals surface area contributed by atoms with Crippen molar-refractivity contribution in [2.24, 2.45) is 0 Å². The van der Waals surface area contributed by atoms with E-state index in [0.717, 1.165) is 23.0 Å². The number of nitrogens with zero attached hydrogens (tertiary/aromatic N) is 2. The number of sulfone groups is 1. The fourth-order valence-corrected chi connectivity index (χ4v) is 6.77. The number of thiazole rings is 1. The summed E-state index contributed by atoms with van der Waals surface area (Å²) in [4.78, 5) is 7.20. The number of piperidine rings is 1. The fourth-order valence-electron chi connectivity index (χ4n) is 4.02. The van der Waals surface area contributed by atoms with Gasteiger partial charge < -0.3 is 19.1 Å². The molecule has 2 heterocycles. The largest absolute Gasteiger partial charge is 0.497 e. The van der Waals surface area contributed by atoms with Gasteiger partial charge in [0.15, 0.2) is 15.0 Å². The monoisotopic (exact) mass is 488 g/mol. The second-order valence-corrected chi connectivity index (χ2v) is 10.9. The van der Waals surface area contributed by atoms with Gasteiger partial charge in [0, 0.05) is 31.0 Å². The summed E-state index contributed by atoms with van der Waals surface area (Å²) in [6, 6.07) is 12.8. The zero-order valence-electron chi connectivity index (χ0n) is 19.0. The van der Waals surface area contributed by atoms with Crippen molar-refractivity contribution in [3.63, 3.8) is 0 Å². The number of anilines is 1. The van der Waals surface area contributed by atoms with Crippen LogP contribution in [0.2, 0.25) is 0 Å². The van der Waals surface area contributed by atoms with Crippen LogP contribution in [0.5, 0.6) is 17.2 Å². The summed E-state index contributed by atoms with van der Waals surface area (Å²) in [5.74, 6) is 1.72. The van der Waals surface area contributed by atoms with Crippen LogP contribution in [0.25, 0.3) is 0 Å². The highest BCUT2D eigenvalue weighted by atomic mass is 32.2. The molecule has 0 radical (unpaired) electrons. The van der Waals surface area contributed by atoms with Crippen LogP contribution < -0.4 is 19.1 Å². The van der Waals surface area contributed by atoms with Crippen molar-refractivity contribution in [1.82, 2.24) is 4.98 Å². The number of aromatic nitrogens is 1. The smallest absolute Gasteiger partial charge is 0.185 e. The average molecular weight is 489 g/mol. The van der Waals surface area contributed by atoms with Crippen molar-refractivity contribution >= 4 is 26.3 Å². The van der Waals surface area contributed by atoms with Crippen LogP contribution in [0.3, 0.4) is 0 Å². The number of hydrogen-bond acceptors (Lipinski definition) is 8. The molecule has 9 heteroatoms. The molecule has 3 aromatic rings. The number of methoxy groups -OCH3 is 3. The Bertz CT molecular complexity index is 1180. The van der Waals surface area contributed by atoms with Crippen LogP contribution >= 0.6 is 11.3 Å². The van der Waals surface area contributed by atoms with E-state index in [1.54, 1.807) is 43.8 Å². The van der Waals surface area contributed by atoms with Gasteiger partial charge in [0.2, 0.25) is 0 Å². The van der Waals surface area contributed by atoms with Crippen molar-refractivity contribution in [1.29, 1.82) is 0 Å². The highest BCUT2D eigenvalue weighted by Gasteiger charge is 2.34. The predicted octanol–water partition coefficient (Wildman–Crippen LogP) is 4.20.